The summed E-state index contributed by atoms with van der Waals surface area (Å²) in [6.07, 6.45) is 0. The quantitative estimate of drug-likeness (QED) is 0.425. The van der Waals surface area contributed by atoms with E-state index in [0.29, 0.717) is 13.2 Å². The molecule has 1 atom stereocenters. The summed E-state index contributed by atoms with van der Waals surface area (Å²) >= 11 is 3.66. The van der Waals surface area contributed by atoms with E-state index in [9.17, 15) is 0 Å². The van der Waals surface area contributed by atoms with Crippen LogP contribution in [0.2, 0.25) is 0 Å². The molecule has 3 aromatic rings. The van der Waals surface area contributed by atoms with Gasteiger partial charge in [0.2, 0.25) is 0 Å². The van der Waals surface area contributed by atoms with E-state index in [1.807, 2.05) is 31.2 Å². The molecule has 0 aliphatic rings. The molecule has 28 heavy (non-hydrogen) atoms. The van der Waals surface area contributed by atoms with Crippen molar-refractivity contribution in [3.63, 3.8) is 0 Å². The Morgan fingerprint density at radius 1 is 0.893 bits per heavy atom. The van der Waals surface area contributed by atoms with Gasteiger partial charge < -0.3 is 14.8 Å². The predicted octanol–water partition coefficient (Wildman–Crippen LogP) is 6.28. The van der Waals surface area contributed by atoms with Gasteiger partial charge in [0.05, 0.1) is 11.1 Å². The lowest BCUT2D eigenvalue weighted by molar-refractivity contribution is 0.267. The molecule has 0 bridgehead atoms. The summed E-state index contributed by atoms with van der Waals surface area (Å²) < 4.78 is 12.8. The number of rotatable bonds is 9. The van der Waals surface area contributed by atoms with Crippen LogP contribution in [0.25, 0.3) is 0 Å². The fourth-order valence-electron chi connectivity index (χ4n) is 2.99. The highest BCUT2D eigenvalue weighted by molar-refractivity contribution is 9.10. The number of hydrogen-bond acceptors (Lipinski definition) is 3. The van der Waals surface area contributed by atoms with Crippen molar-refractivity contribution in [1.29, 1.82) is 0 Å². The van der Waals surface area contributed by atoms with Crippen molar-refractivity contribution in [1.82, 2.24) is 5.32 Å². The molecule has 3 rings (SSSR count). The Bertz CT molecular complexity index is 869. The van der Waals surface area contributed by atoms with E-state index >= 15 is 0 Å². The van der Waals surface area contributed by atoms with Crippen molar-refractivity contribution in [3.05, 3.63) is 94.0 Å². The maximum atomic E-state index is 6.06. The summed E-state index contributed by atoms with van der Waals surface area (Å²) in [4.78, 5) is 0. The van der Waals surface area contributed by atoms with Crippen LogP contribution in [-0.4, -0.2) is 6.61 Å². The number of nitrogens with one attached hydrogen (secondary N) is 1. The van der Waals surface area contributed by atoms with Gasteiger partial charge in [-0.1, -0.05) is 60.7 Å². The summed E-state index contributed by atoms with van der Waals surface area (Å²) in [5, 5.41) is 3.57. The Labute approximate surface area is 175 Å². The van der Waals surface area contributed by atoms with Gasteiger partial charge in [-0.05, 0) is 58.6 Å². The molecule has 0 radical (unpaired) electrons. The molecule has 146 valence electrons. The number of halogens is 1. The van der Waals surface area contributed by atoms with Crippen LogP contribution >= 0.6 is 15.9 Å². The van der Waals surface area contributed by atoms with Crippen molar-refractivity contribution >= 4 is 15.9 Å². The normalized spacial score (nSPS) is 11.8. The Hall–Kier alpha value is -2.30. The summed E-state index contributed by atoms with van der Waals surface area (Å²) in [6, 6.07) is 25.0. The largest absolute Gasteiger partial charge is 0.490 e. The van der Waals surface area contributed by atoms with Crippen LogP contribution < -0.4 is 14.8 Å². The maximum absolute atomic E-state index is 6.06. The summed E-state index contributed by atoms with van der Waals surface area (Å²) in [5.41, 5.74) is 3.54. The number of benzene rings is 3. The fraction of sp³-hybridized carbons (Fsp3) is 0.250. The van der Waals surface area contributed by atoms with Crippen molar-refractivity contribution < 1.29 is 9.47 Å². The lowest BCUT2D eigenvalue weighted by atomic mass is 10.1. The topological polar surface area (TPSA) is 30.5 Å². The van der Waals surface area contributed by atoms with E-state index < -0.39 is 0 Å². The fourth-order valence-corrected chi connectivity index (χ4v) is 3.59. The number of hydrogen-bond donors (Lipinski definition) is 1. The molecule has 0 aliphatic carbocycles. The second-order valence-electron chi connectivity index (χ2n) is 6.63. The minimum absolute atomic E-state index is 0.268. The molecule has 3 nitrogen and oxygen atoms in total. The van der Waals surface area contributed by atoms with Gasteiger partial charge in [-0.15, -0.1) is 0 Å². The standard InChI is InChI=1S/C24H26BrNO2/c1-3-27-23-15-20(16-26-18(2)21-12-8-5-9-13-21)14-22(25)24(23)28-17-19-10-6-4-7-11-19/h4-15,18,26H,3,16-17H2,1-2H3. The second kappa shape index (κ2) is 10.3. The van der Waals surface area contributed by atoms with Gasteiger partial charge in [-0.3, -0.25) is 0 Å². The van der Waals surface area contributed by atoms with Gasteiger partial charge in [-0.25, -0.2) is 0 Å². The molecule has 0 fully saturated rings. The van der Waals surface area contributed by atoms with E-state index in [2.05, 4.69) is 76.7 Å². The zero-order valence-electron chi connectivity index (χ0n) is 16.3. The van der Waals surface area contributed by atoms with Crippen LogP contribution in [0.5, 0.6) is 11.5 Å². The average Bonchev–Trinajstić information content (AvgIpc) is 2.73. The molecule has 0 saturated heterocycles. The highest BCUT2D eigenvalue weighted by Gasteiger charge is 2.13. The second-order valence-corrected chi connectivity index (χ2v) is 7.48. The number of ether oxygens (including phenoxy) is 2. The van der Waals surface area contributed by atoms with Gasteiger partial charge in [0.25, 0.3) is 0 Å². The third-order valence-electron chi connectivity index (χ3n) is 4.51. The van der Waals surface area contributed by atoms with Gasteiger partial charge >= 0.3 is 0 Å². The zero-order valence-corrected chi connectivity index (χ0v) is 17.9. The van der Waals surface area contributed by atoms with Gasteiger partial charge in [0.15, 0.2) is 11.5 Å². The first-order valence-corrected chi connectivity index (χ1v) is 10.4. The lowest BCUT2D eigenvalue weighted by Crippen LogP contribution is -2.18. The van der Waals surface area contributed by atoms with Crippen LogP contribution in [0.15, 0.2) is 77.3 Å². The van der Waals surface area contributed by atoms with Gasteiger partial charge in [-0.2, -0.15) is 0 Å². The SMILES string of the molecule is CCOc1cc(CNC(C)c2ccccc2)cc(Br)c1OCc1ccccc1. The summed E-state index contributed by atoms with van der Waals surface area (Å²) in [7, 11) is 0. The molecule has 0 spiro atoms. The van der Waals surface area contributed by atoms with Crippen LogP contribution in [0.4, 0.5) is 0 Å². The summed E-state index contributed by atoms with van der Waals surface area (Å²) in [5.74, 6) is 1.50. The average molecular weight is 440 g/mol. The molecule has 0 aromatic heterocycles. The molecule has 4 heteroatoms. The highest BCUT2D eigenvalue weighted by atomic mass is 79.9. The van der Waals surface area contributed by atoms with Crippen molar-refractivity contribution in [2.24, 2.45) is 0 Å². The van der Waals surface area contributed by atoms with Gasteiger partial charge in [0.1, 0.15) is 6.61 Å². The van der Waals surface area contributed by atoms with E-state index in [1.54, 1.807) is 0 Å². The molecule has 0 aliphatic heterocycles. The first-order valence-electron chi connectivity index (χ1n) is 9.57. The molecular weight excluding hydrogens is 414 g/mol. The Morgan fingerprint density at radius 2 is 1.57 bits per heavy atom. The van der Waals surface area contributed by atoms with E-state index in [4.69, 9.17) is 9.47 Å². The van der Waals surface area contributed by atoms with Crippen molar-refractivity contribution in [2.75, 3.05) is 6.61 Å². The zero-order chi connectivity index (χ0) is 19.8. The first-order chi connectivity index (χ1) is 13.7. The minimum Gasteiger partial charge on any atom is -0.490 e. The third-order valence-corrected chi connectivity index (χ3v) is 5.10. The lowest BCUT2D eigenvalue weighted by Gasteiger charge is -2.18. The molecule has 1 unspecified atom stereocenters. The van der Waals surface area contributed by atoms with E-state index in [0.717, 1.165) is 33.6 Å². The molecule has 0 heterocycles. The summed E-state index contributed by atoms with van der Waals surface area (Å²) in [6.45, 7) is 5.99. The predicted molar refractivity (Wildman–Crippen MR) is 118 cm³/mol. The van der Waals surface area contributed by atoms with Crippen LogP contribution in [0, 0.1) is 0 Å². The highest BCUT2D eigenvalue weighted by Crippen LogP contribution is 2.37. The smallest absolute Gasteiger partial charge is 0.175 e. The monoisotopic (exact) mass is 439 g/mol. The van der Waals surface area contributed by atoms with E-state index in [1.165, 1.54) is 5.56 Å². The first kappa shape index (κ1) is 20.4. The molecule has 3 aromatic carbocycles. The van der Waals surface area contributed by atoms with Crippen molar-refractivity contribution in [2.45, 2.75) is 33.0 Å². The molecule has 1 N–H and O–H groups in total. The van der Waals surface area contributed by atoms with Crippen molar-refractivity contribution in [3.8, 4) is 11.5 Å². The maximum Gasteiger partial charge on any atom is 0.175 e. The van der Waals surface area contributed by atoms with Crippen LogP contribution in [-0.2, 0) is 13.2 Å². The third kappa shape index (κ3) is 5.60. The molecule has 0 amide bonds. The van der Waals surface area contributed by atoms with Crippen LogP contribution in [0.1, 0.15) is 36.6 Å². The minimum atomic E-state index is 0.268. The van der Waals surface area contributed by atoms with Gasteiger partial charge in [0, 0.05) is 12.6 Å². The van der Waals surface area contributed by atoms with Crippen LogP contribution in [0.3, 0.4) is 0 Å². The van der Waals surface area contributed by atoms with E-state index in [-0.39, 0.29) is 6.04 Å². The molecular formula is C24H26BrNO2. The Morgan fingerprint density at radius 3 is 2.25 bits per heavy atom. The Balaban J connectivity index is 1.71. The molecule has 0 saturated carbocycles. The Kier molecular flexibility index (Phi) is 7.52.